The van der Waals surface area contributed by atoms with E-state index in [4.69, 9.17) is 0 Å². The first-order valence-corrected chi connectivity index (χ1v) is 7.67. The molecule has 1 aromatic rings. The van der Waals surface area contributed by atoms with Crippen LogP contribution in [0.5, 0.6) is 0 Å². The summed E-state index contributed by atoms with van der Waals surface area (Å²) in [6.07, 6.45) is 1.69. The fourth-order valence-corrected chi connectivity index (χ4v) is 2.76. The highest BCUT2D eigenvalue weighted by Crippen LogP contribution is 2.13. The zero-order chi connectivity index (χ0) is 14.4. The minimum atomic E-state index is -1.47. The summed E-state index contributed by atoms with van der Waals surface area (Å²) in [6.45, 7) is 5.61. The molecule has 0 radical (unpaired) electrons. The molecule has 0 aliphatic carbocycles. The van der Waals surface area contributed by atoms with Crippen molar-refractivity contribution in [3.05, 3.63) is 30.1 Å². The Labute approximate surface area is 116 Å². The maximum atomic E-state index is 12.8. The van der Waals surface area contributed by atoms with Gasteiger partial charge in [0, 0.05) is 10.9 Å². The molecule has 0 bridgehead atoms. The maximum absolute atomic E-state index is 12.8. The number of amides is 1. The molecule has 3 nitrogen and oxygen atoms in total. The molecule has 5 heteroatoms. The fourth-order valence-electron chi connectivity index (χ4n) is 1.68. The van der Waals surface area contributed by atoms with E-state index in [0.717, 1.165) is 12.8 Å². The van der Waals surface area contributed by atoms with Gasteiger partial charge in [0.15, 0.2) is 0 Å². The van der Waals surface area contributed by atoms with E-state index in [9.17, 15) is 13.4 Å². The highest BCUT2D eigenvalue weighted by atomic mass is 32.2. The molecule has 0 saturated heterocycles. The Morgan fingerprint density at radius 1 is 1.26 bits per heavy atom. The second kappa shape index (κ2) is 7.38. The van der Waals surface area contributed by atoms with Crippen LogP contribution in [0.2, 0.25) is 0 Å². The standard InChI is InChI=1S/C14H20FNO2S/c1-4-12(5-2)16-14(17)10(3)19(18)13-8-6-11(15)7-9-13/h6-10,12H,4-5H2,1-3H3,(H,16,17). The summed E-state index contributed by atoms with van der Waals surface area (Å²) in [5.74, 6) is -0.605. The third-order valence-electron chi connectivity index (χ3n) is 3.07. The van der Waals surface area contributed by atoms with Crippen molar-refractivity contribution in [1.82, 2.24) is 5.32 Å². The Kier molecular flexibility index (Phi) is 6.15. The van der Waals surface area contributed by atoms with Crippen molar-refractivity contribution >= 4 is 16.7 Å². The van der Waals surface area contributed by atoms with Gasteiger partial charge in [-0.2, -0.15) is 0 Å². The molecule has 1 rings (SSSR count). The van der Waals surface area contributed by atoms with Gasteiger partial charge in [-0.15, -0.1) is 0 Å². The molecule has 2 unspecified atom stereocenters. The summed E-state index contributed by atoms with van der Waals surface area (Å²) < 4.78 is 25.0. The third kappa shape index (κ3) is 4.42. The van der Waals surface area contributed by atoms with E-state index in [2.05, 4.69) is 5.32 Å². The maximum Gasteiger partial charge on any atom is 0.236 e. The van der Waals surface area contributed by atoms with Crippen LogP contribution in [-0.2, 0) is 15.6 Å². The number of hydrogen-bond donors (Lipinski definition) is 1. The van der Waals surface area contributed by atoms with Crippen molar-refractivity contribution in [2.45, 2.75) is 49.8 Å². The first-order chi connectivity index (χ1) is 8.99. The summed E-state index contributed by atoms with van der Waals surface area (Å²) in [7, 11) is -1.47. The normalized spacial score (nSPS) is 14.2. The van der Waals surface area contributed by atoms with Crippen LogP contribution < -0.4 is 5.32 Å². The number of nitrogens with one attached hydrogen (secondary N) is 1. The Hall–Kier alpha value is -1.23. The van der Waals surface area contributed by atoms with Crippen molar-refractivity contribution in [3.8, 4) is 0 Å². The van der Waals surface area contributed by atoms with Crippen LogP contribution in [0, 0.1) is 5.82 Å². The van der Waals surface area contributed by atoms with E-state index in [1.54, 1.807) is 6.92 Å². The number of carbonyl (C=O) groups excluding carboxylic acids is 1. The molecule has 0 heterocycles. The summed E-state index contributed by atoms with van der Waals surface area (Å²) in [4.78, 5) is 12.4. The van der Waals surface area contributed by atoms with Crippen LogP contribution in [0.1, 0.15) is 33.6 Å². The monoisotopic (exact) mass is 285 g/mol. The zero-order valence-corrected chi connectivity index (χ0v) is 12.3. The summed E-state index contributed by atoms with van der Waals surface area (Å²) in [5, 5.41) is 2.22. The lowest BCUT2D eigenvalue weighted by atomic mass is 10.2. The summed E-state index contributed by atoms with van der Waals surface area (Å²) in [5.41, 5.74) is 0. The molecule has 19 heavy (non-hydrogen) atoms. The second-order valence-corrected chi connectivity index (χ2v) is 6.19. The van der Waals surface area contributed by atoms with Gasteiger partial charge in [0.2, 0.25) is 5.91 Å². The molecule has 1 N–H and O–H groups in total. The van der Waals surface area contributed by atoms with Gasteiger partial charge in [-0.05, 0) is 44.0 Å². The predicted molar refractivity (Wildman–Crippen MR) is 74.8 cm³/mol. The molecule has 0 aromatic heterocycles. The van der Waals surface area contributed by atoms with Crippen LogP contribution in [0.25, 0.3) is 0 Å². The predicted octanol–water partition coefficient (Wildman–Crippen LogP) is 2.63. The van der Waals surface area contributed by atoms with Gasteiger partial charge in [0.1, 0.15) is 11.1 Å². The van der Waals surface area contributed by atoms with Crippen LogP contribution >= 0.6 is 0 Å². The Balaban J connectivity index is 2.71. The molecule has 0 aliphatic heterocycles. The smallest absolute Gasteiger partial charge is 0.236 e. The van der Waals surface area contributed by atoms with Gasteiger partial charge in [0.25, 0.3) is 0 Å². The van der Waals surface area contributed by atoms with E-state index >= 15 is 0 Å². The fraction of sp³-hybridized carbons (Fsp3) is 0.500. The van der Waals surface area contributed by atoms with Crippen molar-refractivity contribution in [2.75, 3.05) is 0 Å². The molecule has 0 fully saturated rings. The van der Waals surface area contributed by atoms with Crippen LogP contribution in [0.15, 0.2) is 29.2 Å². The Bertz CT molecular complexity index is 443. The summed E-state index contributed by atoms with van der Waals surface area (Å²) >= 11 is 0. The van der Waals surface area contributed by atoms with Crippen molar-refractivity contribution in [2.24, 2.45) is 0 Å². The first-order valence-electron chi connectivity index (χ1n) is 6.46. The van der Waals surface area contributed by atoms with Gasteiger partial charge in [-0.25, -0.2) is 4.39 Å². The van der Waals surface area contributed by atoms with Crippen LogP contribution in [0.4, 0.5) is 4.39 Å². The number of carbonyl (C=O) groups is 1. The van der Waals surface area contributed by atoms with Crippen LogP contribution in [-0.4, -0.2) is 21.4 Å². The molecule has 0 aliphatic rings. The topological polar surface area (TPSA) is 46.2 Å². The lowest BCUT2D eigenvalue weighted by Crippen LogP contribution is -2.41. The van der Waals surface area contributed by atoms with Crippen LogP contribution in [0.3, 0.4) is 0 Å². The van der Waals surface area contributed by atoms with E-state index in [1.165, 1.54) is 24.3 Å². The van der Waals surface area contributed by atoms with Gasteiger partial charge in [0.05, 0.1) is 10.8 Å². The molecular weight excluding hydrogens is 265 g/mol. The number of benzene rings is 1. The third-order valence-corrected chi connectivity index (χ3v) is 4.66. The lowest BCUT2D eigenvalue weighted by molar-refractivity contribution is -0.121. The number of rotatable bonds is 6. The van der Waals surface area contributed by atoms with E-state index in [-0.39, 0.29) is 17.8 Å². The minimum Gasteiger partial charge on any atom is -0.352 e. The molecule has 1 aromatic carbocycles. The van der Waals surface area contributed by atoms with E-state index in [1.807, 2.05) is 13.8 Å². The highest BCUT2D eigenvalue weighted by Gasteiger charge is 2.22. The molecule has 106 valence electrons. The lowest BCUT2D eigenvalue weighted by Gasteiger charge is -2.18. The zero-order valence-electron chi connectivity index (χ0n) is 11.5. The largest absolute Gasteiger partial charge is 0.352 e. The molecule has 1 amide bonds. The van der Waals surface area contributed by atoms with E-state index in [0.29, 0.717) is 4.90 Å². The molecular formula is C14H20FNO2S. The Morgan fingerprint density at radius 3 is 2.26 bits per heavy atom. The first kappa shape index (κ1) is 15.8. The quantitative estimate of drug-likeness (QED) is 0.873. The van der Waals surface area contributed by atoms with E-state index < -0.39 is 16.0 Å². The van der Waals surface area contributed by atoms with Crippen molar-refractivity contribution < 1.29 is 13.4 Å². The van der Waals surface area contributed by atoms with Gasteiger partial charge < -0.3 is 5.32 Å². The van der Waals surface area contributed by atoms with Gasteiger partial charge >= 0.3 is 0 Å². The highest BCUT2D eigenvalue weighted by molar-refractivity contribution is 7.86. The SMILES string of the molecule is CCC(CC)NC(=O)C(C)S(=O)c1ccc(F)cc1. The van der Waals surface area contributed by atoms with Crippen molar-refractivity contribution in [3.63, 3.8) is 0 Å². The number of hydrogen-bond acceptors (Lipinski definition) is 2. The average Bonchev–Trinajstić information content (AvgIpc) is 2.43. The van der Waals surface area contributed by atoms with Gasteiger partial charge in [-0.3, -0.25) is 9.00 Å². The number of halogens is 1. The average molecular weight is 285 g/mol. The Morgan fingerprint density at radius 2 is 1.79 bits per heavy atom. The molecule has 0 spiro atoms. The molecule has 0 saturated carbocycles. The summed E-state index contributed by atoms with van der Waals surface area (Å²) in [6, 6.07) is 5.51. The van der Waals surface area contributed by atoms with Gasteiger partial charge in [-0.1, -0.05) is 13.8 Å². The molecule has 2 atom stereocenters. The minimum absolute atomic E-state index is 0.111. The van der Waals surface area contributed by atoms with Crippen molar-refractivity contribution in [1.29, 1.82) is 0 Å². The second-order valence-electron chi connectivity index (χ2n) is 4.42.